The minimum absolute atomic E-state index is 0.269. The third-order valence-corrected chi connectivity index (χ3v) is 7.57. The number of fused-ring (bicyclic) bond motifs is 2. The summed E-state index contributed by atoms with van der Waals surface area (Å²) in [6.45, 7) is 1.55. The first kappa shape index (κ1) is 25.8. The van der Waals surface area contributed by atoms with Crippen LogP contribution in [0.3, 0.4) is 0 Å². The van der Waals surface area contributed by atoms with Crippen molar-refractivity contribution >= 4 is 50.5 Å². The molecule has 0 bridgehead atoms. The van der Waals surface area contributed by atoms with Crippen molar-refractivity contribution in [3.8, 4) is 11.4 Å². The molecule has 0 saturated carbocycles. The number of imidazole rings is 1. The van der Waals surface area contributed by atoms with Crippen LogP contribution in [-0.2, 0) is 13.5 Å². The molecular formula is C32H28F2N8. The lowest BCUT2D eigenvalue weighted by Crippen LogP contribution is -2.56. The molecule has 0 radical (unpaired) electrons. The molecule has 0 spiro atoms. The maximum atomic E-state index is 13.4. The van der Waals surface area contributed by atoms with Crippen molar-refractivity contribution in [1.29, 1.82) is 0 Å². The Morgan fingerprint density at radius 3 is 2.45 bits per heavy atom. The van der Waals surface area contributed by atoms with Crippen molar-refractivity contribution in [2.24, 2.45) is 7.05 Å². The number of aryl methyl sites for hydroxylation is 2. The van der Waals surface area contributed by atoms with Gasteiger partial charge in [0.15, 0.2) is 0 Å². The normalized spacial score (nSPS) is 14.2. The highest BCUT2D eigenvalue weighted by molar-refractivity contribution is 5.95. The second-order valence-corrected chi connectivity index (χ2v) is 10.5. The zero-order valence-electron chi connectivity index (χ0n) is 23.1. The summed E-state index contributed by atoms with van der Waals surface area (Å²) in [6.07, 6.45) is 6.21. The van der Waals surface area contributed by atoms with E-state index in [1.807, 2.05) is 67.8 Å². The monoisotopic (exact) mass is 562 g/mol. The fourth-order valence-corrected chi connectivity index (χ4v) is 5.32. The van der Waals surface area contributed by atoms with Crippen molar-refractivity contribution in [2.45, 2.75) is 19.3 Å². The van der Waals surface area contributed by atoms with Gasteiger partial charge in [-0.1, -0.05) is 6.92 Å². The molecule has 6 aromatic rings. The highest BCUT2D eigenvalue weighted by Gasteiger charge is 2.43. The van der Waals surface area contributed by atoms with Crippen LogP contribution < -0.4 is 15.5 Å². The number of halogens is 2. The van der Waals surface area contributed by atoms with E-state index in [1.54, 1.807) is 17.3 Å². The molecule has 0 atom stereocenters. The number of nitrogens with zero attached hydrogens (tertiary/aromatic N) is 6. The molecule has 5 heterocycles. The van der Waals surface area contributed by atoms with Crippen molar-refractivity contribution in [1.82, 2.24) is 24.5 Å². The smallest absolute Gasteiger partial charge is 0.282 e. The molecule has 2 aromatic carbocycles. The van der Waals surface area contributed by atoms with Crippen LogP contribution in [0.1, 0.15) is 12.6 Å². The summed E-state index contributed by atoms with van der Waals surface area (Å²) in [7, 11) is 2.00. The van der Waals surface area contributed by atoms with Crippen LogP contribution in [0.4, 0.5) is 37.3 Å². The number of anilines is 5. The number of nitrogens with one attached hydrogen (secondary N) is 2. The summed E-state index contributed by atoms with van der Waals surface area (Å²) in [6, 6.07) is 21.5. The Bertz CT molecular complexity index is 1930. The predicted octanol–water partition coefficient (Wildman–Crippen LogP) is 7.08. The lowest BCUT2D eigenvalue weighted by atomic mass is 10.1. The Kier molecular flexibility index (Phi) is 6.18. The number of hydrogen-bond donors (Lipinski definition) is 2. The highest BCUT2D eigenvalue weighted by Crippen LogP contribution is 2.35. The first-order valence-corrected chi connectivity index (χ1v) is 13.8. The first-order chi connectivity index (χ1) is 20.3. The van der Waals surface area contributed by atoms with Gasteiger partial charge in [0.25, 0.3) is 5.92 Å². The Labute approximate surface area is 241 Å². The highest BCUT2D eigenvalue weighted by atomic mass is 19.3. The molecule has 0 aliphatic carbocycles. The van der Waals surface area contributed by atoms with E-state index in [1.165, 1.54) is 0 Å². The van der Waals surface area contributed by atoms with Gasteiger partial charge in [-0.15, -0.1) is 0 Å². The van der Waals surface area contributed by atoms with Gasteiger partial charge in [0, 0.05) is 59.3 Å². The summed E-state index contributed by atoms with van der Waals surface area (Å²) in [5.41, 5.74) is 8.08. The van der Waals surface area contributed by atoms with Crippen LogP contribution in [0.15, 0.2) is 85.3 Å². The van der Waals surface area contributed by atoms with Crippen LogP contribution in [0.2, 0.25) is 0 Å². The topological polar surface area (TPSA) is 83.8 Å². The van der Waals surface area contributed by atoms with Crippen LogP contribution >= 0.6 is 0 Å². The molecule has 1 fully saturated rings. The average Bonchev–Trinajstić information content (AvgIpc) is 3.31. The zero-order valence-corrected chi connectivity index (χ0v) is 23.1. The zero-order chi connectivity index (χ0) is 28.8. The minimum atomic E-state index is -2.63. The van der Waals surface area contributed by atoms with E-state index in [-0.39, 0.29) is 13.1 Å². The van der Waals surface area contributed by atoms with E-state index < -0.39 is 5.92 Å². The lowest BCUT2D eigenvalue weighted by Gasteiger charge is -2.40. The van der Waals surface area contributed by atoms with Crippen molar-refractivity contribution in [3.63, 3.8) is 0 Å². The molecule has 0 amide bonds. The Balaban J connectivity index is 1.12. The van der Waals surface area contributed by atoms with Crippen molar-refractivity contribution in [3.05, 3.63) is 91.0 Å². The third kappa shape index (κ3) is 4.85. The molecule has 1 aliphatic rings. The summed E-state index contributed by atoms with van der Waals surface area (Å²) in [5, 5.41) is 7.66. The largest absolute Gasteiger partial charge is 0.359 e. The van der Waals surface area contributed by atoms with Gasteiger partial charge < -0.3 is 20.1 Å². The second-order valence-electron chi connectivity index (χ2n) is 10.5. The maximum absolute atomic E-state index is 13.4. The summed E-state index contributed by atoms with van der Waals surface area (Å²) < 4.78 is 28.9. The predicted molar refractivity (Wildman–Crippen MR) is 163 cm³/mol. The second kappa shape index (κ2) is 10.1. The number of rotatable bonds is 7. The van der Waals surface area contributed by atoms with Gasteiger partial charge in [0.05, 0.1) is 35.3 Å². The Morgan fingerprint density at radius 2 is 1.67 bits per heavy atom. The van der Waals surface area contributed by atoms with Crippen LogP contribution in [0.5, 0.6) is 0 Å². The quantitative estimate of drug-likeness (QED) is 0.215. The third-order valence-electron chi connectivity index (χ3n) is 7.57. The number of alkyl halides is 2. The standard InChI is InChI=1S/C32H28F2N8/c1-3-21-14-23(10-12-35-21)38-22-5-8-29-28(15-22)40-31(41(29)2)20-4-9-30(37-17-20)39-27-11-13-36-26-7-6-24(16-25(26)27)42-18-32(33,34)19-42/h4-17H,3,18-19H2,1-2H3,(H,35,38)(H,36,37,39). The molecule has 210 valence electrons. The van der Waals surface area contributed by atoms with Gasteiger partial charge in [-0.05, 0) is 73.2 Å². The maximum Gasteiger partial charge on any atom is 0.282 e. The van der Waals surface area contributed by atoms with E-state index in [2.05, 4.69) is 49.2 Å². The van der Waals surface area contributed by atoms with Gasteiger partial charge in [-0.3, -0.25) is 9.97 Å². The summed E-state index contributed by atoms with van der Waals surface area (Å²) in [5.74, 6) is -1.17. The molecule has 4 aromatic heterocycles. The van der Waals surface area contributed by atoms with Crippen LogP contribution in [0.25, 0.3) is 33.3 Å². The molecule has 42 heavy (non-hydrogen) atoms. The molecular weight excluding hydrogens is 534 g/mol. The average molecular weight is 563 g/mol. The molecule has 1 saturated heterocycles. The summed E-state index contributed by atoms with van der Waals surface area (Å²) in [4.78, 5) is 20.0. The fourth-order valence-electron chi connectivity index (χ4n) is 5.32. The van der Waals surface area contributed by atoms with E-state index >= 15 is 0 Å². The minimum Gasteiger partial charge on any atom is -0.359 e. The molecule has 10 heteroatoms. The van der Waals surface area contributed by atoms with Gasteiger partial charge in [0.1, 0.15) is 11.6 Å². The van der Waals surface area contributed by atoms with E-state index in [9.17, 15) is 8.78 Å². The SMILES string of the molecule is CCc1cc(Nc2ccc3c(c2)nc(-c2ccc(Nc4ccnc5ccc(N6CC(F)(F)C6)cc45)nc2)n3C)ccn1. The number of aromatic nitrogens is 5. The molecule has 7 rings (SSSR count). The molecule has 0 unspecified atom stereocenters. The van der Waals surface area contributed by atoms with Crippen LogP contribution in [0, 0.1) is 0 Å². The van der Waals surface area contributed by atoms with Gasteiger partial charge in [0.2, 0.25) is 0 Å². The van der Waals surface area contributed by atoms with Crippen molar-refractivity contribution in [2.75, 3.05) is 28.6 Å². The van der Waals surface area contributed by atoms with Crippen molar-refractivity contribution < 1.29 is 8.78 Å². The first-order valence-electron chi connectivity index (χ1n) is 13.8. The lowest BCUT2D eigenvalue weighted by molar-refractivity contribution is -0.0262. The summed E-state index contributed by atoms with van der Waals surface area (Å²) >= 11 is 0. The van der Waals surface area contributed by atoms with Crippen LogP contribution in [-0.4, -0.2) is 43.5 Å². The Morgan fingerprint density at radius 1 is 0.833 bits per heavy atom. The van der Waals surface area contributed by atoms with E-state index in [0.29, 0.717) is 5.82 Å². The number of hydrogen-bond acceptors (Lipinski definition) is 7. The van der Waals surface area contributed by atoms with Gasteiger partial charge in [-0.2, -0.15) is 0 Å². The van der Waals surface area contributed by atoms with Gasteiger partial charge >= 0.3 is 0 Å². The van der Waals surface area contributed by atoms with Gasteiger partial charge in [-0.25, -0.2) is 18.7 Å². The number of benzene rings is 2. The van der Waals surface area contributed by atoms with E-state index in [0.717, 1.165) is 68.2 Å². The molecule has 8 nitrogen and oxygen atoms in total. The van der Waals surface area contributed by atoms with E-state index in [4.69, 9.17) is 4.98 Å². The molecule has 2 N–H and O–H groups in total. The number of pyridine rings is 3. The fraction of sp³-hybridized carbons (Fsp3) is 0.188. The Hall–Kier alpha value is -5.12. The molecule has 1 aliphatic heterocycles.